The molecule has 1 fully saturated rings. The second-order valence-corrected chi connectivity index (χ2v) is 6.06. The van der Waals surface area contributed by atoms with Gasteiger partial charge in [-0.05, 0) is 38.3 Å². The van der Waals surface area contributed by atoms with Crippen molar-refractivity contribution in [2.45, 2.75) is 51.4 Å². The van der Waals surface area contributed by atoms with Gasteiger partial charge in [0.15, 0.2) is 0 Å². The quantitative estimate of drug-likeness (QED) is 0.907. The Bertz CT molecular complexity index is 531. The predicted octanol–water partition coefficient (Wildman–Crippen LogP) is 4.25. The fraction of sp³-hybridized carbons (Fsp3) is 0.562. The molecule has 1 aliphatic carbocycles. The maximum Gasteiger partial charge on any atom is 0.314 e. The first kappa shape index (κ1) is 15.2. The molecule has 0 unspecified atom stereocenters. The average molecular weight is 297 g/mol. The summed E-state index contributed by atoms with van der Waals surface area (Å²) in [6.45, 7) is 3.80. The topological polar surface area (TPSA) is 46.5 Å². The number of hydrogen-bond donors (Lipinski definition) is 1. The summed E-state index contributed by atoms with van der Waals surface area (Å²) in [5, 5.41) is 10.5. The number of rotatable bonds is 3. The van der Waals surface area contributed by atoms with Crippen LogP contribution in [0.3, 0.4) is 0 Å². The molecule has 2 rings (SSSR count). The standard InChI is InChI=1S/C16H21ClO3/c1-10-9-12(17)11(2)14(20-3)13(10)16(15(18)19)7-5-4-6-8-16/h9H,4-8H2,1-3H3,(H,18,19). The van der Waals surface area contributed by atoms with Gasteiger partial charge in [0.2, 0.25) is 0 Å². The molecule has 3 nitrogen and oxygen atoms in total. The Labute approximate surface area is 124 Å². The van der Waals surface area contributed by atoms with Crippen molar-refractivity contribution in [3.63, 3.8) is 0 Å². The normalized spacial score (nSPS) is 17.8. The number of ether oxygens (including phenoxy) is 1. The van der Waals surface area contributed by atoms with Crippen molar-refractivity contribution >= 4 is 17.6 Å². The van der Waals surface area contributed by atoms with Crippen LogP contribution in [0.15, 0.2) is 6.07 Å². The van der Waals surface area contributed by atoms with Crippen LogP contribution in [0.5, 0.6) is 5.75 Å². The Kier molecular flexibility index (Phi) is 4.28. The molecule has 1 aromatic rings. The van der Waals surface area contributed by atoms with E-state index in [9.17, 15) is 9.90 Å². The molecule has 0 heterocycles. The SMILES string of the molecule is COc1c(C)c(Cl)cc(C)c1C1(C(=O)O)CCCCC1. The second-order valence-electron chi connectivity index (χ2n) is 5.66. The number of benzene rings is 1. The Balaban J connectivity index is 2.71. The van der Waals surface area contributed by atoms with Crippen molar-refractivity contribution in [3.05, 3.63) is 27.8 Å². The van der Waals surface area contributed by atoms with E-state index in [2.05, 4.69) is 0 Å². The van der Waals surface area contributed by atoms with Gasteiger partial charge in [0, 0.05) is 16.1 Å². The fourth-order valence-corrected chi connectivity index (χ4v) is 3.67. The van der Waals surface area contributed by atoms with Gasteiger partial charge in [-0.3, -0.25) is 4.79 Å². The van der Waals surface area contributed by atoms with Gasteiger partial charge < -0.3 is 9.84 Å². The highest BCUT2D eigenvalue weighted by Crippen LogP contribution is 2.47. The molecule has 0 saturated heterocycles. The Morgan fingerprint density at radius 3 is 2.40 bits per heavy atom. The number of carbonyl (C=O) groups is 1. The van der Waals surface area contributed by atoms with Crippen LogP contribution in [-0.4, -0.2) is 18.2 Å². The number of hydrogen-bond acceptors (Lipinski definition) is 2. The monoisotopic (exact) mass is 296 g/mol. The summed E-state index contributed by atoms with van der Waals surface area (Å²) in [5.41, 5.74) is 1.71. The van der Waals surface area contributed by atoms with Crippen LogP contribution in [0, 0.1) is 13.8 Å². The van der Waals surface area contributed by atoms with E-state index in [0.717, 1.165) is 36.0 Å². The van der Waals surface area contributed by atoms with Crippen LogP contribution in [0.4, 0.5) is 0 Å². The number of carboxylic acids is 1. The van der Waals surface area contributed by atoms with Crippen molar-refractivity contribution in [1.82, 2.24) is 0 Å². The average Bonchev–Trinajstić information content (AvgIpc) is 2.43. The molecular formula is C16H21ClO3. The summed E-state index contributed by atoms with van der Waals surface area (Å²) in [7, 11) is 1.58. The molecule has 1 saturated carbocycles. The summed E-state index contributed by atoms with van der Waals surface area (Å²) in [6, 6.07) is 1.86. The maximum atomic E-state index is 12.0. The van der Waals surface area contributed by atoms with Crippen molar-refractivity contribution in [2.24, 2.45) is 0 Å². The van der Waals surface area contributed by atoms with Crippen LogP contribution < -0.4 is 4.74 Å². The largest absolute Gasteiger partial charge is 0.496 e. The summed E-state index contributed by atoms with van der Waals surface area (Å²) in [5.74, 6) is -0.111. The minimum Gasteiger partial charge on any atom is -0.496 e. The number of carboxylic acid groups (broad SMARTS) is 1. The first-order chi connectivity index (χ1) is 9.44. The van der Waals surface area contributed by atoms with Crippen molar-refractivity contribution in [2.75, 3.05) is 7.11 Å². The summed E-state index contributed by atoms with van der Waals surface area (Å²) < 4.78 is 5.52. The zero-order valence-electron chi connectivity index (χ0n) is 12.3. The number of halogens is 1. The highest BCUT2D eigenvalue weighted by Gasteiger charge is 2.44. The van der Waals surface area contributed by atoms with Crippen LogP contribution in [-0.2, 0) is 10.2 Å². The lowest BCUT2D eigenvalue weighted by Crippen LogP contribution is -2.39. The third kappa shape index (κ3) is 2.28. The van der Waals surface area contributed by atoms with Gasteiger partial charge in [-0.1, -0.05) is 30.9 Å². The Morgan fingerprint density at radius 2 is 1.90 bits per heavy atom. The summed E-state index contributed by atoms with van der Waals surface area (Å²) in [6.07, 6.45) is 4.32. The molecule has 1 aromatic carbocycles. The fourth-order valence-electron chi connectivity index (χ4n) is 3.42. The van der Waals surface area contributed by atoms with Crippen molar-refractivity contribution < 1.29 is 14.6 Å². The van der Waals surface area contributed by atoms with Gasteiger partial charge in [0.1, 0.15) is 5.75 Å². The molecule has 1 N–H and O–H groups in total. The third-order valence-corrected chi connectivity index (χ3v) is 4.86. The number of aliphatic carboxylic acids is 1. The molecule has 0 radical (unpaired) electrons. The van der Waals surface area contributed by atoms with E-state index >= 15 is 0 Å². The molecular weight excluding hydrogens is 276 g/mol. The van der Waals surface area contributed by atoms with Crippen LogP contribution in [0.1, 0.15) is 48.8 Å². The first-order valence-electron chi connectivity index (χ1n) is 7.01. The molecule has 0 bridgehead atoms. The molecule has 0 spiro atoms. The van der Waals surface area contributed by atoms with Crippen molar-refractivity contribution in [3.8, 4) is 5.75 Å². The first-order valence-corrected chi connectivity index (χ1v) is 7.39. The lowest BCUT2D eigenvalue weighted by molar-refractivity contribution is -0.145. The van der Waals surface area contributed by atoms with Gasteiger partial charge in [-0.25, -0.2) is 0 Å². The van der Waals surface area contributed by atoms with Crippen molar-refractivity contribution in [1.29, 1.82) is 0 Å². The Morgan fingerprint density at radius 1 is 1.30 bits per heavy atom. The minimum atomic E-state index is -0.830. The molecule has 4 heteroatoms. The molecule has 110 valence electrons. The van der Waals surface area contributed by atoms with E-state index in [-0.39, 0.29) is 0 Å². The lowest BCUT2D eigenvalue weighted by atomic mass is 9.67. The number of aryl methyl sites for hydroxylation is 1. The zero-order chi connectivity index (χ0) is 14.9. The van der Waals surface area contributed by atoms with Gasteiger partial charge in [0.05, 0.1) is 12.5 Å². The van der Waals surface area contributed by atoms with Crippen LogP contribution >= 0.6 is 11.6 Å². The van der Waals surface area contributed by atoms with Gasteiger partial charge >= 0.3 is 5.97 Å². The Hall–Kier alpha value is -1.22. The van der Waals surface area contributed by atoms with Gasteiger partial charge in [-0.15, -0.1) is 0 Å². The summed E-state index contributed by atoms with van der Waals surface area (Å²) >= 11 is 6.21. The molecule has 0 aromatic heterocycles. The van der Waals surface area contributed by atoms with E-state index < -0.39 is 11.4 Å². The molecule has 0 amide bonds. The van der Waals surface area contributed by atoms with Gasteiger partial charge in [0.25, 0.3) is 0 Å². The molecule has 20 heavy (non-hydrogen) atoms. The molecule has 0 aliphatic heterocycles. The smallest absolute Gasteiger partial charge is 0.314 e. The van der Waals surface area contributed by atoms with Crippen LogP contribution in [0.2, 0.25) is 5.02 Å². The maximum absolute atomic E-state index is 12.0. The van der Waals surface area contributed by atoms with Gasteiger partial charge in [-0.2, -0.15) is 0 Å². The minimum absolute atomic E-state index is 0.624. The van der Waals surface area contributed by atoms with E-state index in [0.29, 0.717) is 23.6 Å². The highest BCUT2D eigenvalue weighted by atomic mass is 35.5. The molecule has 0 atom stereocenters. The highest BCUT2D eigenvalue weighted by molar-refractivity contribution is 6.31. The predicted molar refractivity (Wildman–Crippen MR) is 79.9 cm³/mol. The third-order valence-electron chi connectivity index (χ3n) is 4.46. The number of methoxy groups -OCH3 is 1. The van der Waals surface area contributed by atoms with E-state index in [1.54, 1.807) is 7.11 Å². The van der Waals surface area contributed by atoms with E-state index in [4.69, 9.17) is 16.3 Å². The second kappa shape index (κ2) is 5.65. The van der Waals surface area contributed by atoms with Crippen LogP contribution in [0.25, 0.3) is 0 Å². The van der Waals surface area contributed by atoms with E-state index in [1.165, 1.54) is 0 Å². The van der Waals surface area contributed by atoms with E-state index in [1.807, 2.05) is 19.9 Å². The lowest BCUT2D eigenvalue weighted by Gasteiger charge is -2.36. The zero-order valence-corrected chi connectivity index (χ0v) is 13.0. The molecule has 1 aliphatic rings. The summed E-state index contributed by atoms with van der Waals surface area (Å²) in [4.78, 5) is 12.0.